The zero-order chi connectivity index (χ0) is 14.1. The fraction of sp³-hybridized carbons (Fsp3) is 0.368. The molecule has 2 N–H and O–H groups in total. The van der Waals surface area contributed by atoms with Crippen molar-refractivity contribution in [2.45, 2.75) is 45.1 Å². The summed E-state index contributed by atoms with van der Waals surface area (Å²) in [5.41, 5.74) is 12.9. The average molecular weight is 265 g/mol. The van der Waals surface area contributed by atoms with Crippen molar-refractivity contribution in [2.75, 3.05) is 0 Å². The first-order valence-electron chi connectivity index (χ1n) is 7.67. The summed E-state index contributed by atoms with van der Waals surface area (Å²) in [5, 5.41) is 0. The molecule has 20 heavy (non-hydrogen) atoms. The van der Waals surface area contributed by atoms with Gasteiger partial charge in [0.2, 0.25) is 0 Å². The van der Waals surface area contributed by atoms with Crippen LogP contribution in [0.1, 0.15) is 55.3 Å². The second-order valence-electron chi connectivity index (χ2n) is 5.99. The van der Waals surface area contributed by atoms with E-state index < -0.39 is 0 Å². The number of fused-ring (bicyclic) bond motifs is 1. The molecule has 0 fully saturated rings. The number of nitrogens with two attached hydrogens (primary N) is 1. The third-order valence-corrected chi connectivity index (χ3v) is 4.69. The van der Waals surface area contributed by atoms with Crippen LogP contribution >= 0.6 is 0 Å². The predicted molar refractivity (Wildman–Crippen MR) is 85.8 cm³/mol. The van der Waals surface area contributed by atoms with Gasteiger partial charge in [0.25, 0.3) is 0 Å². The first kappa shape index (κ1) is 13.4. The van der Waals surface area contributed by atoms with Crippen LogP contribution in [0.4, 0.5) is 0 Å². The smallest absolute Gasteiger partial charge is 0.0300 e. The molecule has 0 saturated carbocycles. The standard InChI is InChI=1S/C19H23N/c1-3-13(2)14-4-6-15(7-5-14)16-8-10-18-17(12-16)9-11-19(18)20/h4-8,10,12-13,19H,3,9,11,20H2,1-2H3. The molecule has 0 heterocycles. The van der Waals surface area contributed by atoms with Crippen molar-refractivity contribution >= 4 is 0 Å². The Labute approximate surface area is 121 Å². The van der Waals surface area contributed by atoms with Gasteiger partial charge in [-0.3, -0.25) is 0 Å². The Bertz CT molecular complexity index is 598. The highest BCUT2D eigenvalue weighted by Gasteiger charge is 2.18. The Balaban J connectivity index is 1.90. The molecule has 2 aromatic rings. The van der Waals surface area contributed by atoms with E-state index in [-0.39, 0.29) is 6.04 Å². The molecule has 1 nitrogen and oxygen atoms in total. The van der Waals surface area contributed by atoms with Crippen molar-refractivity contribution in [1.29, 1.82) is 0 Å². The molecular weight excluding hydrogens is 242 g/mol. The minimum atomic E-state index is 0.242. The third-order valence-electron chi connectivity index (χ3n) is 4.69. The summed E-state index contributed by atoms with van der Waals surface area (Å²) in [7, 11) is 0. The molecule has 2 aromatic carbocycles. The van der Waals surface area contributed by atoms with Crippen molar-refractivity contribution < 1.29 is 0 Å². The zero-order valence-corrected chi connectivity index (χ0v) is 12.4. The first-order valence-corrected chi connectivity index (χ1v) is 7.67. The molecule has 0 saturated heterocycles. The van der Waals surface area contributed by atoms with Crippen molar-refractivity contribution in [3.8, 4) is 11.1 Å². The van der Waals surface area contributed by atoms with Crippen LogP contribution in [0.15, 0.2) is 42.5 Å². The summed E-state index contributed by atoms with van der Waals surface area (Å²) in [6.07, 6.45) is 3.40. The topological polar surface area (TPSA) is 26.0 Å². The van der Waals surface area contributed by atoms with Gasteiger partial charge < -0.3 is 5.73 Å². The summed E-state index contributed by atoms with van der Waals surface area (Å²) >= 11 is 0. The van der Waals surface area contributed by atoms with Gasteiger partial charge in [0.15, 0.2) is 0 Å². The van der Waals surface area contributed by atoms with E-state index in [1.165, 1.54) is 34.2 Å². The lowest BCUT2D eigenvalue weighted by Crippen LogP contribution is -2.04. The minimum absolute atomic E-state index is 0.242. The molecule has 1 aliphatic rings. The Hall–Kier alpha value is -1.60. The highest BCUT2D eigenvalue weighted by molar-refractivity contribution is 5.66. The Morgan fingerprint density at radius 3 is 2.50 bits per heavy atom. The van der Waals surface area contributed by atoms with Gasteiger partial charge in [0.1, 0.15) is 0 Å². The van der Waals surface area contributed by atoms with Gasteiger partial charge in [0.05, 0.1) is 0 Å². The van der Waals surface area contributed by atoms with E-state index in [0.29, 0.717) is 5.92 Å². The van der Waals surface area contributed by atoms with Gasteiger partial charge in [-0.25, -0.2) is 0 Å². The fourth-order valence-electron chi connectivity index (χ4n) is 3.07. The molecule has 3 rings (SSSR count). The maximum Gasteiger partial charge on any atom is 0.0300 e. The molecule has 2 unspecified atom stereocenters. The summed E-state index contributed by atoms with van der Waals surface area (Å²) in [6.45, 7) is 4.52. The molecule has 0 amide bonds. The number of hydrogen-bond donors (Lipinski definition) is 1. The van der Waals surface area contributed by atoms with Gasteiger partial charge in [-0.05, 0) is 53.0 Å². The minimum Gasteiger partial charge on any atom is -0.324 e. The molecule has 1 aliphatic carbocycles. The number of benzene rings is 2. The predicted octanol–water partition coefficient (Wildman–Crippen LogP) is 4.81. The summed E-state index contributed by atoms with van der Waals surface area (Å²) in [6, 6.07) is 16.0. The normalized spacial score (nSPS) is 18.9. The van der Waals surface area contributed by atoms with Crippen LogP contribution in [0.2, 0.25) is 0 Å². The van der Waals surface area contributed by atoms with Crippen molar-refractivity contribution in [3.63, 3.8) is 0 Å². The van der Waals surface area contributed by atoms with Crippen LogP contribution in [0.5, 0.6) is 0 Å². The van der Waals surface area contributed by atoms with Gasteiger partial charge in [-0.2, -0.15) is 0 Å². The SMILES string of the molecule is CCC(C)c1ccc(-c2ccc3c(c2)CCC3N)cc1. The lowest BCUT2D eigenvalue weighted by atomic mass is 9.95. The number of hydrogen-bond acceptors (Lipinski definition) is 1. The van der Waals surface area contributed by atoms with Crippen LogP contribution < -0.4 is 5.73 Å². The molecule has 2 atom stereocenters. The van der Waals surface area contributed by atoms with Crippen molar-refractivity contribution in [1.82, 2.24) is 0 Å². The van der Waals surface area contributed by atoms with E-state index in [1.807, 2.05) is 0 Å². The van der Waals surface area contributed by atoms with Crippen LogP contribution in [0.25, 0.3) is 11.1 Å². The Morgan fingerprint density at radius 1 is 1.10 bits per heavy atom. The highest BCUT2D eigenvalue weighted by Crippen LogP contribution is 2.33. The number of rotatable bonds is 3. The molecule has 1 heteroatoms. The van der Waals surface area contributed by atoms with E-state index in [2.05, 4.69) is 56.3 Å². The average Bonchev–Trinajstić information content (AvgIpc) is 2.87. The zero-order valence-electron chi connectivity index (χ0n) is 12.4. The van der Waals surface area contributed by atoms with E-state index in [9.17, 15) is 0 Å². The lowest BCUT2D eigenvalue weighted by molar-refractivity contribution is 0.713. The molecular formula is C19H23N. The van der Waals surface area contributed by atoms with Crippen LogP contribution in [0.3, 0.4) is 0 Å². The largest absolute Gasteiger partial charge is 0.324 e. The molecule has 104 valence electrons. The van der Waals surface area contributed by atoms with Crippen molar-refractivity contribution in [2.24, 2.45) is 5.73 Å². The molecule has 0 aliphatic heterocycles. The second kappa shape index (κ2) is 5.41. The molecule has 0 spiro atoms. The van der Waals surface area contributed by atoms with Crippen molar-refractivity contribution in [3.05, 3.63) is 59.2 Å². The van der Waals surface area contributed by atoms with Gasteiger partial charge >= 0.3 is 0 Å². The Kier molecular flexibility index (Phi) is 3.62. The van der Waals surface area contributed by atoms with Gasteiger partial charge in [-0.1, -0.05) is 56.3 Å². The summed E-state index contributed by atoms with van der Waals surface area (Å²) < 4.78 is 0. The fourth-order valence-corrected chi connectivity index (χ4v) is 3.07. The summed E-state index contributed by atoms with van der Waals surface area (Å²) in [4.78, 5) is 0. The third kappa shape index (κ3) is 2.38. The van der Waals surface area contributed by atoms with E-state index in [0.717, 1.165) is 12.8 Å². The molecule has 0 radical (unpaired) electrons. The maximum absolute atomic E-state index is 6.10. The summed E-state index contributed by atoms with van der Waals surface area (Å²) in [5.74, 6) is 0.641. The van der Waals surface area contributed by atoms with E-state index in [4.69, 9.17) is 5.73 Å². The van der Waals surface area contributed by atoms with Crippen LogP contribution in [-0.2, 0) is 6.42 Å². The first-order chi connectivity index (χ1) is 9.69. The van der Waals surface area contributed by atoms with E-state index >= 15 is 0 Å². The Morgan fingerprint density at radius 2 is 1.80 bits per heavy atom. The van der Waals surface area contributed by atoms with Crippen LogP contribution in [0, 0.1) is 0 Å². The number of aryl methyl sites for hydroxylation is 1. The lowest BCUT2D eigenvalue weighted by Gasteiger charge is -2.11. The quantitative estimate of drug-likeness (QED) is 0.846. The van der Waals surface area contributed by atoms with Crippen LogP contribution in [-0.4, -0.2) is 0 Å². The molecule has 0 bridgehead atoms. The highest BCUT2D eigenvalue weighted by atomic mass is 14.6. The monoisotopic (exact) mass is 265 g/mol. The van der Waals surface area contributed by atoms with Gasteiger partial charge in [0, 0.05) is 6.04 Å². The van der Waals surface area contributed by atoms with E-state index in [1.54, 1.807) is 0 Å². The molecule has 0 aromatic heterocycles. The van der Waals surface area contributed by atoms with Gasteiger partial charge in [-0.15, -0.1) is 0 Å². The second-order valence-corrected chi connectivity index (χ2v) is 5.99. The maximum atomic E-state index is 6.10.